The van der Waals surface area contributed by atoms with Crippen LogP contribution in [0.1, 0.15) is 16.7 Å². The van der Waals surface area contributed by atoms with Gasteiger partial charge in [0.15, 0.2) is 0 Å². The molecule has 3 N–H and O–H groups in total. The van der Waals surface area contributed by atoms with Crippen LogP contribution in [0.5, 0.6) is 0 Å². The summed E-state index contributed by atoms with van der Waals surface area (Å²) in [5, 5.41) is 8.52. The molecular formula is C16H17NO2. The van der Waals surface area contributed by atoms with Crippen molar-refractivity contribution in [2.75, 3.05) is 0 Å². The van der Waals surface area contributed by atoms with Crippen molar-refractivity contribution in [1.82, 2.24) is 0 Å². The first kappa shape index (κ1) is 13.3. The molecule has 0 heterocycles. The zero-order valence-electron chi connectivity index (χ0n) is 10.6. The lowest BCUT2D eigenvalue weighted by molar-refractivity contribution is -0.138. The Morgan fingerprint density at radius 3 is 2.05 bits per heavy atom. The van der Waals surface area contributed by atoms with Gasteiger partial charge in [0.05, 0.1) is 0 Å². The number of aliphatic carboxylic acids is 1. The zero-order chi connectivity index (χ0) is 13.7. The average Bonchev–Trinajstić information content (AvgIpc) is 3.19. The van der Waals surface area contributed by atoms with Crippen molar-refractivity contribution in [1.29, 1.82) is 0 Å². The minimum Gasteiger partial charge on any atom is -0.480 e. The van der Waals surface area contributed by atoms with E-state index in [1.807, 2.05) is 30.3 Å². The molecule has 0 radical (unpaired) electrons. The number of carbonyl (C=O) groups is 1. The van der Waals surface area contributed by atoms with E-state index >= 15 is 0 Å². The van der Waals surface area contributed by atoms with Gasteiger partial charge in [0.25, 0.3) is 0 Å². The molecule has 0 amide bonds. The normalized spacial score (nSPS) is 12.7. The van der Waals surface area contributed by atoms with Gasteiger partial charge < -0.3 is 10.8 Å². The summed E-state index contributed by atoms with van der Waals surface area (Å²) in [4.78, 5) is 10.4. The third-order valence-corrected chi connectivity index (χ3v) is 2.99. The second-order valence-corrected chi connectivity index (χ2v) is 4.58. The van der Waals surface area contributed by atoms with Crippen molar-refractivity contribution >= 4 is 5.97 Å². The molecule has 0 saturated heterocycles. The van der Waals surface area contributed by atoms with Crippen LogP contribution in [-0.4, -0.2) is 17.1 Å². The Bertz CT molecular complexity index is 531. The molecule has 2 aromatic carbocycles. The van der Waals surface area contributed by atoms with Gasteiger partial charge >= 0.3 is 5.97 Å². The molecular weight excluding hydrogens is 238 g/mol. The number of hydrogen-bond donors (Lipinski definition) is 2. The monoisotopic (exact) mass is 255 g/mol. The summed E-state index contributed by atoms with van der Waals surface area (Å²) in [6, 6.07) is 17.1. The molecule has 1 atom stereocenters. The van der Waals surface area contributed by atoms with E-state index in [-0.39, 0.29) is 0 Å². The fraction of sp³-hybridized carbons (Fsp3) is 0.188. The highest BCUT2D eigenvalue weighted by molar-refractivity contribution is 5.73. The van der Waals surface area contributed by atoms with Crippen LogP contribution in [0.3, 0.4) is 0 Å². The molecule has 3 rings (SSSR count). The van der Waals surface area contributed by atoms with Crippen LogP contribution in [0.15, 0.2) is 54.6 Å². The standard InChI is InChI=1S/C9H11NO2.C7H6/c10-8(9(11)12)6-7-4-2-1-3-5-7;1-2-4-7-5-6(7)3-1/h1-5,8H,6,10H2,(H,11,12);1-4H,5H2/t8-;/m0./s1. The van der Waals surface area contributed by atoms with Gasteiger partial charge in [-0.25, -0.2) is 0 Å². The summed E-state index contributed by atoms with van der Waals surface area (Å²) in [6.45, 7) is 0. The minimum atomic E-state index is -0.959. The highest BCUT2D eigenvalue weighted by atomic mass is 16.4. The van der Waals surface area contributed by atoms with Gasteiger partial charge in [-0.1, -0.05) is 54.6 Å². The molecule has 0 spiro atoms. The molecule has 1 aliphatic carbocycles. The summed E-state index contributed by atoms with van der Waals surface area (Å²) in [6.07, 6.45) is 1.63. The number of carboxylic acids is 1. The van der Waals surface area contributed by atoms with Crippen molar-refractivity contribution in [2.24, 2.45) is 5.73 Å². The second kappa shape index (κ2) is 6.16. The molecule has 3 heteroatoms. The summed E-state index contributed by atoms with van der Waals surface area (Å²) < 4.78 is 0. The average molecular weight is 255 g/mol. The SMILES string of the molecule is N[C@@H](Cc1ccccc1)C(=O)O.c1ccc2c(c1)C2. The van der Waals surface area contributed by atoms with Crippen LogP contribution in [0.2, 0.25) is 0 Å². The predicted molar refractivity (Wildman–Crippen MR) is 75.0 cm³/mol. The quantitative estimate of drug-likeness (QED) is 0.754. The van der Waals surface area contributed by atoms with Gasteiger partial charge in [0, 0.05) is 0 Å². The maximum Gasteiger partial charge on any atom is 0.320 e. The fourth-order valence-electron chi connectivity index (χ4n) is 1.79. The van der Waals surface area contributed by atoms with Gasteiger partial charge in [0.1, 0.15) is 6.04 Å². The van der Waals surface area contributed by atoms with E-state index in [4.69, 9.17) is 10.8 Å². The highest BCUT2D eigenvalue weighted by Gasteiger charge is 2.12. The summed E-state index contributed by atoms with van der Waals surface area (Å²) in [7, 11) is 0. The Kier molecular flexibility index (Phi) is 4.31. The molecule has 0 aromatic heterocycles. The number of rotatable bonds is 3. The van der Waals surface area contributed by atoms with E-state index in [1.165, 1.54) is 17.5 Å². The Hall–Kier alpha value is -2.13. The fourth-order valence-corrected chi connectivity index (χ4v) is 1.79. The van der Waals surface area contributed by atoms with E-state index in [9.17, 15) is 4.79 Å². The maximum absolute atomic E-state index is 10.4. The molecule has 0 fully saturated rings. The molecule has 98 valence electrons. The summed E-state index contributed by atoms with van der Waals surface area (Å²) in [5.74, 6) is -0.959. The van der Waals surface area contributed by atoms with Crippen LogP contribution >= 0.6 is 0 Å². The Morgan fingerprint density at radius 2 is 1.58 bits per heavy atom. The molecule has 3 nitrogen and oxygen atoms in total. The molecule has 1 aliphatic rings. The topological polar surface area (TPSA) is 63.3 Å². The number of carboxylic acid groups (broad SMARTS) is 1. The summed E-state index contributed by atoms with van der Waals surface area (Å²) in [5.41, 5.74) is 9.36. The lowest BCUT2D eigenvalue weighted by Gasteiger charge is -2.04. The first-order chi connectivity index (χ1) is 9.16. The smallest absolute Gasteiger partial charge is 0.320 e. The molecule has 0 saturated carbocycles. The van der Waals surface area contributed by atoms with Crippen molar-refractivity contribution in [2.45, 2.75) is 18.9 Å². The number of fused-ring (bicyclic) bond motifs is 1. The van der Waals surface area contributed by atoms with Gasteiger partial charge in [0.2, 0.25) is 0 Å². The Morgan fingerprint density at radius 1 is 1.05 bits per heavy atom. The van der Waals surface area contributed by atoms with Crippen LogP contribution in [0, 0.1) is 0 Å². The first-order valence-corrected chi connectivity index (χ1v) is 6.26. The predicted octanol–water partition coefficient (Wildman–Crippen LogP) is 2.23. The van der Waals surface area contributed by atoms with Crippen LogP contribution in [-0.2, 0) is 17.6 Å². The minimum absolute atomic E-state index is 0.385. The number of nitrogens with two attached hydrogens (primary N) is 1. The maximum atomic E-state index is 10.4. The third-order valence-electron chi connectivity index (χ3n) is 2.99. The van der Waals surface area contributed by atoms with E-state index in [1.54, 1.807) is 0 Å². The Labute approximate surface area is 112 Å². The third kappa shape index (κ3) is 4.23. The molecule has 19 heavy (non-hydrogen) atoms. The van der Waals surface area contributed by atoms with E-state index < -0.39 is 12.0 Å². The van der Waals surface area contributed by atoms with Gasteiger partial charge in [-0.2, -0.15) is 0 Å². The lowest BCUT2D eigenvalue weighted by Crippen LogP contribution is -2.32. The van der Waals surface area contributed by atoms with E-state index in [2.05, 4.69) is 24.3 Å². The van der Waals surface area contributed by atoms with Crippen molar-refractivity contribution in [3.05, 3.63) is 71.3 Å². The van der Waals surface area contributed by atoms with E-state index in [0.29, 0.717) is 6.42 Å². The van der Waals surface area contributed by atoms with Gasteiger partial charge in [-0.05, 0) is 29.5 Å². The molecule has 2 aromatic rings. The van der Waals surface area contributed by atoms with Crippen molar-refractivity contribution in [3.63, 3.8) is 0 Å². The van der Waals surface area contributed by atoms with Crippen LogP contribution in [0.4, 0.5) is 0 Å². The van der Waals surface area contributed by atoms with Crippen molar-refractivity contribution < 1.29 is 9.90 Å². The summed E-state index contributed by atoms with van der Waals surface area (Å²) >= 11 is 0. The van der Waals surface area contributed by atoms with Crippen molar-refractivity contribution in [3.8, 4) is 0 Å². The second-order valence-electron chi connectivity index (χ2n) is 4.58. The van der Waals surface area contributed by atoms with E-state index in [0.717, 1.165) is 5.56 Å². The number of benzene rings is 2. The van der Waals surface area contributed by atoms with Crippen LogP contribution in [0.25, 0.3) is 0 Å². The molecule has 0 unspecified atom stereocenters. The Balaban J connectivity index is 0.000000159. The zero-order valence-corrected chi connectivity index (χ0v) is 10.6. The lowest BCUT2D eigenvalue weighted by atomic mass is 10.1. The van der Waals surface area contributed by atoms with Crippen LogP contribution < -0.4 is 5.73 Å². The highest BCUT2D eigenvalue weighted by Crippen LogP contribution is 2.25. The molecule has 0 bridgehead atoms. The van der Waals surface area contributed by atoms with Gasteiger partial charge in [-0.3, -0.25) is 4.79 Å². The van der Waals surface area contributed by atoms with Gasteiger partial charge in [-0.15, -0.1) is 0 Å². The number of hydrogen-bond acceptors (Lipinski definition) is 2. The first-order valence-electron chi connectivity index (χ1n) is 6.26. The molecule has 0 aliphatic heterocycles. The largest absolute Gasteiger partial charge is 0.480 e.